The van der Waals surface area contributed by atoms with Gasteiger partial charge in [-0.3, -0.25) is 4.79 Å². The molecule has 2 rings (SSSR count). The predicted octanol–water partition coefficient (Wildman–Crippen LogP) is 4.98. The summed E-state index contributed by atoms with van der Waals surface area (Å²) in [7, 11) is 0. The van der Waals surface area contributed by atoms with Crippen LogP contribution in [0.1, 0.15) is 27.2 Å². The Morgan fingerprint density at radius 1 is 1.00 bits per heavy atom. The Bertz CT molecular complexity index is 712. The monoisotopic (exact) mass is 408 g/mol. The Morgan fingerprint density at radius 2 is 1.68 bits per heavy atom. The number of fused-ring (bicyclic) bond motifs is 1. The first-order chi connectivity index (χ1) is 11.9. The van der Waals surface area contributed by atoms with Crippen LogP contribution in [-0.4, -0.2) is 32.4 Å². The summed E-state index contributed by atoms with van der Waals surface area (Å²) in [5.41, 5.74) is -0.436. The summed E-state index contributed by atoms with van der Waals surface area (Å²) in [4.78, 5) is 11.8. The molecule has 0 bridgehead atoms. The Labute approximate surface area is 157 Å². The van der Waals surface area contributed by atoms with Crippen LogP contribution >= 0.6 is 15.9 Å². The molecule has 0 aliphatic rings. The first-order valence-corrected chi connectivity index (χ1v) is 9.29. The van der Waals surface area contributed by atoms with E-state index in [2.05, 4.69) is 28.1 Å². The summed E-state index contributed by atoms with van der Waals surface area (Å²) in [6.45, 7) is 7.29. The molecule has 0 spiro atoms. The molecular weight excluding hydrogens is 384 g/mol. The zero-order chi connectivity index (χ0) is 18.3. The van der Waals surface area contributed by atoms with Crippen molar-refractivity contribution in [3.63, 3.8) is 0 Å². The van der Waals surface area contributed by atoms with Gasteiger partial charge in [0.25, 0.3) is 0 Å². The van der Waals surface area contributed by atoms with Crippen molar-refractivity contribution in [2.75, 3.05) is 26.4 Å². The fourth-order valence-electron chi connectivity index (χ4n) is 2.14. The molecule has 136 valence electrons. The second kappa shape index (κ2) is 9.20. The van der Waals surface area contributed by atoms with Crippen LogP contribution in [0, 0.1) is 5.41 Å². The highest BCUT2D eigenvalue weighted by Gasteiger charge is 2.26. The number of carbonyl (C=O) groups excluding carboxylic acids is 1. The second-order valence-corrected chi connectivity index (χ2v) is 7.40. The van der Waals surface area contributed by atoms with Gasteiger partial charge >= 0.3 is 5.97 Å². The number of rotatable bonds is 9. The van der Waals surface area contributed by atoms with Gasteiger partial charge in [0.1, 0.15) is 19.0 Å². The summed E-state index contributed by atoms with van der Waals surface area (Å²) in [5.74, 6) is 0.632. The quantitative estimate of drug-likeness (QED) is 0.433. The van der Waals surface area contributed by atoms with Gasteiger partial charge in [-0.1, -0.05) is 35.0 Å². The Hall–Kier alpha value is -1.59. The number of carbonyl (C=O) groups is 1. The molecule has 0 N–H and O–H groups in total. The van der Waals surface area contributed by atoms with E-state index < -0.39 is 5.41 Å². The topological polar surface area (TPSA) is 44.8 Å². The van der Waals surface area contributed by atoms with Crippen LogP contribution in [0.25, 0.3) is 10.8 Å². The zero-order valence-electron chi connectivity index (χ0n) is 15.0. The van der Waals surface area contributed by atoms with Crippen LogP contribution in [0.2, 0.25) is 0 Å². The van der Waals surface area contributed by atoms with Gasteiger partial charge in [0.2, 0.25) is 0 Å². The predicted molar refractivity (Wildman–Crippen MR) is 103 cm³/mol. The van der Waals surface area contributed by atoms with Crippen molar-refractivity contribution in [3.05, 3.63) is 40.9 Å². The average molecular weight is 409 g/mol. The summed E-state index contributed by atoms with van der Waals surface area (Å²) in [6, 6.07) is 12.1. The molecule has 0 unspecified atom stereocenters. The molecule has 0 atom stereocenters. The van der Waals surface area contributed by atoms with Crippen LogP contribution in [0.5, 0.6) is 5.75 Å². The largest absolute Gasteiger partial charge is 0.491 e. The minimum absolute atomic E-state index is 0.183. The van der Waals surface area contributed by atoms with E-state index in [0.29, 0.717) is 19.8 Å². The van der Waals surface area contributed by atoms with E-state index in [1.807, 2.05) is 45.0 Å². The maximum atomic E-state index is 11.8. The van der Waals surface area contributed by atoms with Crippen LogP contribution in [0.3, 0.4) is 0 Å². The summed E-state index contributed by atoms with van der Waals surface area (Å²) in [6.07, 6.45) is 0.753. The minimum Gasteiger partial charge on any atom is -0.491 e. The Balaban J connectivity index is 1.65. The van der Waals surface area contributed by atoms with Crippen molar-refractivity contribution in [2.45, 2.75) is 27.2 Å². The SMILES string of the molecule is CCC(C)(C)C(=O)OCCOCCOc1ccc2cc(Br)ccc2c1. The average Bonchev–Trinajstić information content (AvgIpc) is 2.60. The van der Waals surface area contributed by atoms with Crippen LogP contribution in [-0.2, 0) is 14.3 Å². The number of esters is 1. The molecule has 0 saturated carbocycles. The first-order valence-electron chi connectivity index (χ1n) is 8.49. The lowest BCUT2D eigenvalue weighted by Gasteiger charge is -2.20. The van der Waals surface area contributed by atoms with Crippen molar-refractivity contribution >= 4 is 32.7 Å². The maximum Gasteiger partial charge on any atom is 0.311 e. The summed E-state index contributed by atoms with van der Waals surface area (Å²) < 4.78 is 17.4. The number of hydrogen-bond acceptors (Lipinski definition) is 4. The van der Waals surface area contributed by atoms with Crippen molar-refractivity contribution in [1.29, 1.82) is 0 Å². The standard InChI is InChI=1S/C20H25BrO4/c1-4-20(2,3)19(22)25-12-10-23-9-11-24-18-8-6-15-13-17(21)7-5-16(15)14-18/h5-8,13-14H,4,9-12H2,1-3H3. The van der Waals surface area contributed by atoms with Gasteiger partial charge in [-0.25, -0.2) is 0 Å². The second-order valence-electron chi connectivity index (χ2n) is 6.49. The smallest absolute Gasteiger partial charge is 0.311 e. The normalized spacial score (nSPS) is 11.5. The lowest BCUT2D eigenvalue weighted by molar-refractivity contribution is -0.155. The van der Waals surface area contributed by atoms with E-state index in [1.165, 1.54) is 0 Å². The zero-order valence-corrected chi connectivity index (χ0v) is 16.6. The Morgan fingerprint density at radius 3 is 2.44 bits per heavy atom. The van der Waals surface area contributed by atoms with Gasteiger partial charge in [0.15, 0.2) is 0 Å². The molecule has 5 heteroatoms. The molecule has 0 aliphatic heterocycles. The first kappa shape index (κ1) is 19.7. The van der Waals surface area contributed by atoms with Crippen molar-refractivity contribution < 1.29 is 19.0 Å². The third-order valence-corrected chi connectivity index (χ3v) is 4.66. The number of hydrogen-bond donors (Lipinski definition) is 0. The molecule has 0 fully saturated rings. The molecular formula is C20H25BrO4. The Kier molecular flexibility index (Phi) is 7.26. The summed E-state index contributed by atoms with van der Waals surface area (Å²) >= 11 is 3.47. The highest BCUT2D eigenvalue weighted by molar-refractivity contribution is 9.10. The molecule has 4 nitrogen and oxygen atoms in total. The van der Waals surface area contributed by atoms with Gasteiger partial charge in [0, 0.05) is 4.47 Å². The van der Waals surface area contributed by atoms with Crippen LogP contribution in [0.15, 0.2) is 40.9 Å². The minimum atomic E-state index is -0.436. The van der Waals surface area contributed by atoms with Crippen molar-refractivity contribution in [3.8, 4) is 5.75 Å². The van der Waals surface area contributed by atoms with Crippen molar-refractivity contribution in [1.82, 2.24) is 0 Å². The van der Waals surface area contributed by atoms with Gasteiger partial charge in [-0.2, -0.15) is 0 Å². The third-order valence-electron chi connectivity index (χ3n) is 4.17. The van der Waals surface area contributed by atoms with Crippen LogP contribution < -0.4 is 4.74 Å². The molecule has 25 heavy (non-hydrogen) atoms. The van der Waals surface area contributed by atoms with Crippen molar-refractivity contribution in [2.24, 2.45) is 5.41 Å². The molecule has 0 amide bonds. The fourth-order valence-corrected chi connectivity index (χ4v) is 2.52. The van der Waals surface area contributed by atoms with E-state index in [0.717, 1.165) is 27.4 Å². The van der Waals surface area contributed by atoms with E-state index in [-0.39, 0.29) is 12.6 Å². The number of benzene rings is 2. The highest BCUT2D eigenvalue weighted by atomic mass is 79.9. The number of halogens is 1. The third kappa shape index (κ3) is 6.01. The van der Waals surface area contributed by atoms with Gasteiger partial charge in [0.05, 0.1) is 18.6 Å². The lowest BCUT2D eigenvalue weighted by Crippen LogP contribution is -2.27. The molecule has 2 aromatic carbocycles. The van der Waals surface area contributed by atoms with Gasteiger partial charge < -0.3 is 14.2 Å². The highest BCUT2D eigenvalue weighted by Crippen LogP contribution is 2.24. The number of ether oxygens (including phenoxy) is 3. The van der Waals surface area contributed by atoms with Gasteiger partial charge in [-0.15, -0.1) is 0 Å². The van der Waals surface area contributed by atoms with Crippen LogP contribution in [0.4, 0.5) is 0 Å². The molecule has 0 saturated heterocycles. The molecule has 2 aromatic rings. The van der Waals surface area contributed by atoms with E-state index in [4.69, 9.17) is 14.2 Å². The maximum absolute atomic E-state index is 11.8. The molecule has 0 aliphatic carbocycles. The molecule has 0 radical (unpaired) electrons. The molecule has 0 aromatic heterocycles. The fraction of sp³-hybridized carbons (Fsp3) is 0.450. The molecule has 0 heterocycles. The van der Waals surface area contributed by atoms with E-state index >= 15 is 0 Å². The van der Waals surface area contributed by atoms with E-state index in [1.54, 1.807) is 0 Å². The lowest BCUT2D eigenvalue weighted by atomic mass is 9.91. The van der Waals surface area contributed by atoms with E-state index in [9.17, 15) is 4.79 Å². The van der Waals surface area contributed by atoms with Gasteiger partial charge in [-0.05, 0) is 55.3 Å². The summed E-state index contributed by atoms with van der Waals surface area (Å²) in [5, 5.41) is 2.29.